The van der Waals surface area contributed by atoms with Gasteiger partial charge in [0.2, 0.25) is 0 Å². The number of benzene rings is 1. The molecule has 5 heteroatoms. The molecule has 0 saturated carbocycles. The molecule has 2 aromatic rings. The number of carboxylic acids is 1. The minimum atomic E-state index is -1.41. The smallest absolute Gasteiger partial charge is 0.255 e. The van der Waals surface area contributed by atoms with Crippen LogP contribution in [-0.2, 0) is 11.2 Å². The molecule has 1 N–H and O–H groups in total. The third kappa shape index (κ3) is 4.03. The van der Waals surface area contributed by atoms with Gasteiger partial charge in [-0.15, -0.1) is 11.3 Å². The molecule has 4 nitrogen and oxygen atoms in total. The van der Waals surface area contributed by atoms with Crippen LogP contribution in [0, 0.1) is 0 Å². The van der Waals surface area contributed by atoms with Crippen molar-refractivity contribution in [2.24, 2.45) is 0 Å². The first kappa shape index (κ1) is 15.0. The van der Waals surface area contributed by atoms with E-state index >= 15 is 0 Å². The summed E-state index contributed by atoms with van der Waals surface area (Å²) in [6.07, 6.45) is 2.30. The van der Waals surface area contributed by atoms with E-state index in [4.69, 9.17) is 0 Å². The number of amides is 1. The average molecular weight is 300 g/mol. The van der Waals surface area contributed by atoms with Crippen LogP contribution in [0.4, 0.5) is 0 Å². The highest BCUT2D eigenvalue weighted by atomic mass is 32.1. The van der Waals surface area contributed by atoms with Gasteiger partial charge in [-0.3, -0.25) is 4.79 Å². The van der Waals surface area contributed by atoms with Crippen molar-refractivity contribution < 1.29 is 14.7 Å². The Balaban J connectivity index is 2.20. The number of carboxylic acid groups (broad SMARTS) is 1. The molecule has 0 spiro atoms. The van der Waals surface area contributed by atoms with Crippen LogP contribution in [0.3, 0.4) is 0 Å². The summed E-state index contributed by atoms with van der Waals surface area (Å²) >= 11 is 1.48. The molecule has 0 fully saturated rings. The number of hydrogen-bond acceptors (Lipinski definition) is 4. The minimum Gasteiger partial charge on any atom is -0.543 e. The summed E-state index contributed by atoms with van der Waals surface area (Å²) in [5.41, 5.74) is 0.151. The van der Waals surface area contributed by atoms with Crippen molar-refractivity contribution in [2.45, 2.75) is 13.3 Å². The Bertz CT molecular complexity index is 674. The van der Waals surface area contributed by atoms with E-state index in [0.29, 0.717) is 5.56 Å². The third-order valence-corrected chi connectivity index (χ3v) is 4.00. The number of aryl methyl sites for hydroxylation is 1. The quantitative estimate of drug-likeness (QED) is 0.857. The van der Waals surface area contributed by atoms with E-state index in [-0.39, 0.29) is 5.70 Å². The monoisotopic (exact) mass is 300 g/mol. The molecule has 1 heterocycles. The molecule has 108 valence electrons. The molecule has 0 aliphatic rings. The lowest BCUT2D eigenvalue weighted by molar-refractivity contribution is -0.299. The van der Waals surface area contributed by atoms with Crippen molar-refractivity contribution in [1.82, 2.24) is 5.32 Å². The van der Waals surface area contributed by atoms with Crippen LogP contribution < -0.4 is 10.4 Å². The van der Waals surface area contributed by atoms with Gasteiger partial charge in [-0.05, 0) is 36.8 Å². The predicted octanol–water partition coefficient (Wildman–Crippen LogP) is 1.83. The number of aliphatic carboxylic acids is 1. The largest absolute Gasteiger partial charge is 0.543 e. The minimum absolute atomic E-state index is 0.242. The SMILES string of the molecule is CCc1ccc(/C=C(/NC(=O)c2ccccc2)C(=O)[O-])s1. The van der Waals surface area contributed by atoms with E-state index in [1.54, 1.807) is 30.3 Å². The number of hydrogen-bond donors (Lipinski definition) is 1. The van der Waals surface area contributed by atoms with E-state index < -0.39 is 11.9 Å². The molecule has 1 aromatic carbocycles. The van der Waals surface area contributed by atoms with Crippen LogP contribution in [-0.4, -0.2) is 11.9 Å². The lowest BCUT2D eigenvalue weighted by Crippen LogP contribution is -2.35. The molecule has 0 radical (unpaired) electrons. The van der Waals surface area contributed by atoms with Gasteiger partial charge in [0.25, 0.3) is 5.91 Å². The molecule has 0 unspecified atom stereocenters. The summed E-state index contributed by atoms with van der Waals surface area (Å²) in [6.45, 7) is 2.02. The lowest BCUT2D eigenvalue weighted by Gasteiger charge is -2.10. The lowest BCUT2D eigenvalue weighted by atomic mass is 10.2. The van der Waals surface area contributed by atoms with E-state index in [1.165, 1.54) is 17.4 Å². The Morgan fingerprint density at radius 3 is 2.48 bits per heavy atom. The molecule has 0 aliphatic heterocycles. The molecule has 0 bridgehead atoms. The highest BCUT2D eigenvalue weighted by Gasteiger charge is 2.08. The maximum atomic E-state index is 12.0. The molecule has 0 atom stereocenters. The zero-order valence-corrected chi connectivity index (χ0v) is 12.3. The second kappa shape index (κ2) is 6.85. The summed E-state index contributed by atoms with van der Waals surface area (Å²) in [4.78, 5) is 25.0. The maximum absolute atomic E-state index is 12.0. The number of carbonyl (C=O) groups excluding carboxylic acids is 2. The number of thiophene rings is 1. The van der Waals surface area contributed by atoms with Crippen LogP contribution in [0.5, 0.6) is 0 Å². The second-order valence-corrected chi connectivity index (χ2v) is 5.52. The van der Waals surface area contributed by atoms with Gasteiger partial charge in [0, 0.05) is 15.3 Å². The van der Waals surface area contributed by atoms with Crippen LogP contribution in [0.2, 0.25) is 0 Å². The third-order valence-electron chi connectivity index (χ3n) is 2.82. The Kier molecular flexibility index (Phi) is 4.90. The molecule has 0 aliphatic carbocycles. The molecule has 1 aromatic heterocycles. The summed E-state index contributed by atoms with van der Waals surface area (Å²) in [5.74, 6) is -1.89. The zero-order chi connectivity index (χ0) is 15.2. The maximum Gasteiger partial charge on any atom is 0.255 e. The Morgan fingerprint density at radius 2 is 1.90 bits per heavy atom. The summed E-state index contributed by atoms with van der Waals surface area (Å²) in [7, 11) is 0. The van der Waals surface area contributed by atoms with E-state index in [1.807, 2.05) is 19.1 Å². The fourth-order valence-electron chi connectivity index (χ4n) is 1.73. The van der Waals surface area contributed by atoms with E-state index in [0.717, 1.165) is 16.2 Å². The fraction of sp³-hybridized carbons (Fsp3) is 0.125. The highest BCUT2D eigenvalue weighted by Crippen LogP contribution is 2.19. The predicted molar refractivity (Wildman–Crippen MR) is 80.6 cm³/mol. The first-order valence-electron chi connectivity index (χ1n) is 6.48. The van der Waals surface area contributed by atoms with Gasteiger partial charge in [0.1, 0.15) is 0 Å². The highest BCUT2D eigenvalue weighted by molar-refractivity contribution is 7.12. The van der Waals surface area contributed by atoms with Gasteiger partial charge in [-0.1, -0.05) is 25.1 Å². The van der Waals surface area contributed by atoms with E-state index in [2.05, 4.69) is 5.32 Å². The van der Waals surface area contributed by atoms with Crippen molar-refractivity contribution >= 4 is 29.3 Å². The van der Waals surface area contributed by atoms with Crippen molar-refractivity contribution in [3.8, 4) is 0 Å². The zero-order valence-electron chi connectivity index (χ0n) is 11.5. The number of nitrogens with one attached hydrogen (secondary N) is 1. The summed E-state index contributed by atoms with van der Waals surface area (Å²) in [6, 6.07) is 12.2. The molecule has 21 heavy (non-hydrogen) atoms. The van der Waals surface area contributed by atoms with E-state index in [9.17, 15) is 14.7 Å². The first-order chi connectivity index (χ1) is 10.1. The van der Waals surface area contributed by atoms with Gasteiger partial charge in [0.15, 0.2) is 0 Å². The number of carbonyl (C=O) groups is 2. The van der Waals surface area contributed by atoms with Crippen molar-refractivity contribution in [3.05, 3.63) is 63.5 Å². The molecule has 0 saturated heterocycles. The second-order valence-electron chi connectivity index (χ2n) is 4.32. The molecular weight excluding hydrogens is 286 g/mol. The van der Waals surface area contributed by atoms with Gasteiger partial charge >= 0.3 is 0 Å². The van der Waals surface area contributed by atoms with Gasteiger partial charge < -0.3 is 15.2 Å². The Morgan fingerprint density at radius 1 is 1.19 bits per heavy atom. The summed E-state index contributed by atoms with van der Waals surface area (Å²) < 4.78 is 0. The van der Waals surface area contributed by atoms with Gasteiger partial charge in [0.05, 0.1) is 11.7 Å². The average Bonchev–Trinajstić information content (AvgIpc) is 2.95. The standard InChI is InChI=1S/C16H15NO3S/c1-2-12-8-9-13(21-12)10-14(16(19)20)17-15(18)11-6-4-3-5-7-11/h3-10H,2H2,1H3,(H,17,18)(H,19,20)/p-1/b14-10+. The Labute approximate surface area is 126 Å². The first-order valence-corrected chi connectivity index (χ1v) is 7.30. The van der Waals surface area contributed by atoms with Crippen LogP contribution in [0.1, 0.15) is 27.0 Å². The fourth-order valence-corrected chi connectivity index (χ4v) is 2.63. The molecule has 2 rings (SSSR count). The van der Waals surface area contributed by atoms with Crippen LogP contribution in [0.15, 0.2) is 48.2 Å². The van der Waals surface area contributed by atoms with Crippen molar-refractivity contribution in [3.63, 3.8) is 0 Å². The van der Waals surface area contributed by atoms with Crippen LogP contribution in [0.25, 0.3) is 6.08 Å². The van der Waals surface area contributed by atoms with Crippen LogP contribution >= 0.6 is 11.3 Å². The Hall–Kier alpha value is -2.40. The topological polar surface area (TPSA) is 69.2 Å². The van der Waals surface area contributed by atoms with Gasteiger partial charge in [-0.25, -0.2) is 0 Å². The van der Waals surface area contributed by atoms with Crippen molar-refractivity contribution in [1.29, 1.82) is 0 Å². The summed E-state index contributed by atoms with van der Waals surface area (Å²) in [5, 5.41) is 13.5. The normalized spacial score (nSPS) is 11.2. The molecule has 1 amide bonds. The van der Waals surface area contributed by atoms with Crippen molar-refractivity contribution in [2.75, 3.05) is 0 Å². The van der Waals surface area contributed by atoms with Gasteiger partial charge in [-0.2, -0.15) is 0 Å². The number of rotatable bonds is 5. The molecular formula is C16H14NO3S-.